The zero-order valence-electron chi connectivity index (χ0n) is 21.2. The highest BCUT2D eigenvalue weighted by Gasteiger charge is 2.25. The number of aromatic nitrogens is 1. The number of anilines is 2. The van der Waals surface area contributed by atoms with Crippen molar-refractivity contribution in [2.24, 2.45) is 0 Å². The summed E-state index contributed by atoms with van der Waals surface area (Å²) < 4.78 is 10.5. The van der Waals surface area contributed by atoms with Gasteiger partial charge >= 0.3 is 0 Å². The highest BCUT2D eigenvalue weighted by atomic mass is 32.1. The number of nitrogens with zero attached hydrogens (tertiary/aromatic N) is 2. The van der Waals surface area contributed by atoms with Gasteiger partial charge in [-0.05, 0) is 32.9 Å². The van der Waals surface area contributed by atoms with E-state index in [1.54, 1.807) is 19.9 Å². The number of hydrogen-bond donors (Lipinski definition) is 4. The largest absolute Gasteiger partial charge is 0.504 e. The molecule has 0 radical (unpaired) electrons. The number of Topliss-reactive ketones (excluding diaryl/α,β-unsaturated/α-hetero) is 1. The fraction of sp³-hybridized carbons (Fsp3) is 0.320. The predicted molar refractivity (Wildman–Crippen MR) is 140 cm³/mol. The lowest BCUT2D eigenvalue weighted by Crippen LogP contribution is -2.25. The predicted octanol–water partition coefficient (Wildman–Crippen LogP) is 4.20. The fourth-order valence-corrected chi connectivity index (χ4v) is 3.70. The Morgan fingerprint density at radius 2 is 1.86 bits per heavy atom. The van der Waals surface area contributed by atoms with Crippen molar-refractivity contribution in [3.63, 3.8) is 0 Å². The SMILES string of the molecule is C#C.C/C(NCc1ccc(C)o1)=C(/Nc1csc(C(=O)N(C)c2cc(C)on2)c1O)C(=O)CO.CC. The molecule has 0 aliphatic carbocycles. The van der Waals surface area contributed by atoms with E-state index in [-0.39, 0.29) is 22.0 Å². The number of aryl methyl sites for hydroxylation is 2. The van der Waals surface area contributed by atoms with E-state index in [9.17, 15) is 19.8 Å². The number of amides is 1. The van der Waals surface area contributed by atoms with Crippen LogP contribution in [-0.2, 0) is 11.3 Å². The smallest absolute Gasteiger partial charge is 0.273 e. The number of furan rings is 1. The maximum absolute atomic E-state index is 12.8. The summed E-state index contributed by atoms with van der Waals surface area (Å²) in [6, 6.07) is 5.23. The molecule has 10 nitrogen and oxygen atoms in total. The summed E-state index contributed by atoms with van der Waals surface area (Å²) >= 11 is 1.01. The summed E-state index contributed by atoms with van der Waals surface area (Å²) in [5, 5.41) is 31.2. The van der Waals surface area contributed by atoms with Crippen molar-refractivity contribution in [2.75, 3.05) is 23.9 Å². The first kappa shape index (κ1) is 30.0. The van der Waals surface area contributed by atoms with E-state index in [1.165, 1.54) is 17.3 Å². The molecular formula is C25H32N4O6S. The minimum atomic E-state index is -0.730. The molecule has 0 fully saturated rings. The van der Waals surface area contributed by atoms with E-state index in [1.807, 2.05) is 32.9 Å². The molecule has 3 aromatic heterocycles. The van der Waals surface area contributed by atoms with Crippen LogP contribution in [0.4, 0.5) is 11.5 Å². The van der Waals surface area contributed by atoms with Crippen LogP contribution >= 0.6 is 11.3 Å². The van der Waals surface area contributed by atoms with E-state index in [2.05, 4.69) is 28.6 Å². The Bertz CT molecular complexity index is 1200. The van der Waals surface area contributed by atoms with Crippen LogP contribution in [0, 0.1) is 26.7 Å². The first-order valence-corrected chi connectivity index (χ1v) is 11.9. The second kappa shape index (κ2) is 14.4. The molecule has 4 N–H and O–H groups in total. The normalized spacial score (nSPS) is 10.7. The molecule has 0 saturated heterocycles. The number of terminal acetylenes is 1. The number of nitrogens with one attached hydrogen (secondary N) is 2. The molecule has 3 rings (SSSR count). The molecule has 194 valence electrons. The Hall–Kier alpha value is -4.01. The fourth-order valence-electron chi connectivity index (χ4n) is 2.83. The van der Waals surface area contributed by atoms with Gasteiger partial charge in [0.25, 0.3) is 5.91 Å². The molecule has 36 heavy (non-hydrogen) atoms. The summed E-state index contributed by atoms with van der Waals surface area (Å²) in [5.74, 6) is 0.899. The number of allylic oxidation sites excluding steroid dienone is 1. The van der Waals surface area contributed by atoms with Gasteiger partial charge in [0, 0.05) is 24.2 Å². The van der Waals surface area contributed by atoms with Crippen molar-refractivity contribution in [2.45, 2.75) is 41.2 Å². The molecule has 3 aromatic rings. The van der Waals surface area contributed by atoms with Crippen LogP contribution in [0.1, 0.15) is 47.7 Å². The second-order valence-electron chi connectivity index (χ2n) is 7.06. The molecular weight excluding hydrogens is 484 g/mol. The van der Waals surface area contributed by atoms with Crippen LogP contribution in [0.15, 0.2) is 43.9 Å². The first-order chi connectivity index (χ1) is 17.2. The zero-order valence-corrected chi connectivity index (χ0v) is 22.0. The van der Waals surface area contributed by atoms with E-state index >= 15 is 0 Å². The van der Waals surface area contributed by atoms with Gasteiger partial charge in [-0.3, -0.25) is 14.5 Å². The van der Waals surface area contributed by atoms with E-state index in [4.69, 9.17) is 8.94 Å². The number of rotatable bonds is 9. The van der Waals surface area contributed by atoms with Gasteiger partial charge in [-0.2, -0.15) is 0 Å². The summed E-state index contributed by atoms with van der Waals surface area (Å²) in [5.41, 5.74) is 0.657. The topological polar surface area (TPSA) is 141 Å². The Morgan fingerprint density at radius 1 is 1.19 bits per heavy atom. The van der Waals surface area contributed by atoms with Gasteiger partial charge in [0.05, 0.1) is 12.2 Å². The van der Waals surface area contributed by atoms with Crippen LogP contribution in [0.2, 0.25) is 0 Å². The molecule has 0 aliphatic heterocycles. The third-order valence-corrected chi connectivity index (χ3v) is 5.56. The van der Waals surface area contributed by atoms with Crippen molar-refractivity contribution in [1.82, 2.24) is 10.5 Å². The van der Waals surface area contributed by atoms with Crippen molar-refractivity contribution in [3.8, 4) is 18.6 Å². The highest BCUT2D eigenvalue weighted by Crippen LogP contribution is 2.36. The van der Waals surface area contributed by atoms with Crippen molar-refractivity contribution in [1.29, 1.82) is 0 Å². The van der Waals surface area contributed by atoms with Crippen molar-refractivity contribution in [3.05, 3.63) is 57.1 Å². The minimum Gasteiger partial charge on any atom is -0.504 e. The number of ketones is 1. The Labute approximate surface area is 214 Å². The molecule has 0 atom stereocenters. The van der Waals surface area contributed by atoms with Gasteiger partial charge in [0.1, 0.15) is 34.5 Å². The zero-order chi connectivity index (χ0) is 27.4. The summed E-state index contributed by atoms with van der Waals surface area (Å²) in [4.78, 5) is 26.4. The highest BCUT2D eigenvalue weighted by molar-refractivity contribution is 7.13. The monoisotopic (exact) mass is 516 g/mol. The number of thiophene rings is 1. The number of carbonyl (C=O) groups excluding carboxylic acids is 2. The molecule has 0 aliphatic rings. The average Bonchev–Trinajstić information content (AvgIpc) is 3.62. The Balaban J connectivity index is 0.00000154. The van der Waals surface area contributed by atoms with Crippen LogP contribution < -0.4 is 15.5 Å². The lowest BCUT2D eigenvalue weighted by atomic mass is 10.2. The number of aromatic hydroxyl groups is 1. The van der Waals surface area contributed by atoms with Crippen LogP contribution in [0.5, 0.6) is 5.75 Å². The van der Waals surface area contributed by atoms with Gasteiger partial charge < -0.3 is 29.8 Å². The molecule has 0 spiro atoms. The number of hydrogen-bond acceptors (Lipinski definition) is 10. The van der Waals surface area contributed by atoms with Gasteiger partial charge in [-0.1, -0.05) is 19.0 Å². The number of aliphatic hydroxyl groups is 1. The average molecular weight is 517 g/mol. The molecule has 3 heterocycles. The lowest BCUT2D eigenvalue weighted by molar-refractivity contribution is -0.118. The molecule has 0 aromatic carbocycles. The van der Waals surface area contributed by atoms with E-state index in [0.29, 0.717) is 29.6 Å². The second-order valence-corrected chi connectivity index (χ2v) is 7.94. The maximum atomic E-state index is 12.8. The standard InChI is InChI=1S/C21H24N4O6S.C2H6.C2H2/c1-11-5-6-14(30-11)8-22-13(3)18(16(27)9-26)23-15-10-32-20(19(15)28)21(29)25(4)17-7-12(2)31-24-17;2*1-2/h5-7,10,22-23,26,28H,8-9H2,1-4H3;1-2H3;1-2H/b18-13-;;. The third-order valence-electron chi connectivity index (χ3n) is 4.60. The number of aliphatic hydroxyl groups excluding tert-OH is 1. The van der Waals surface area contributed by atoms with Crippen molar-refractivity contribution < 1.29 is 28.7 Å². The molecule has 11 heteroatoms. The Kier molecular flexibility index (Phi) is 12.0. The summed E-state index contributed by atoms with van der Waals surface area (Å²) in [7, 11) is 1.51. The first-order valence-electron chi connectivity index (χ1n) is 11.0. The number of carbonyl (C=O) groups is 2. The third kappa shape index (κ3) is 7.49. The summed E-state index contributed by atoms with van der Waals surface area (Å²) in [6.45, 7) is 8.78. The quantitative estimate of drug-likeness (QED) is 0.243. The molecule has 0 unspecified atom stereocenters. The van der Waals surface area contributed by atoms with E-state index < -0.39 is 18.3 Å². The van der Waals surface area contributed by atoms with Crippen LogP contribution in [0.25, 0.3) is 0 Å². The molecule has 0 saturated carbocycles. The van der Waals surface area contributed by atoms with Crippen LogP contribution in [-0.4, -0.2) is 40.7 Å². The Morgan fingerprint density at radius 3 is 2.39 bits per heavy atom. The van der Waals surface area contributed by atoms with Crippen molar-refractivity contribution >= 4 is 34.5 Å². The van der Waals surface area contributed by atoms with Crippen LogP contribution in [0.3, 0.4) is 0 Å². The summed E-state index contributed by atoms with van der Waals surface area (Å²) in [6.07, 6.45) is 8.00. The maximum Gasteiger partial charge on any atom is 0.273 e. The van der Waals surface area contributed by atoms with Gasteiger partial charge in [0.2, 0.25) is 5.78 Å². The molecule has 0 bridgehead atoms. The van der Waals surface area contributed by atoms with Gasteiger partial charge in [-0.15, -0.1) is 24.2 Å². The van der Waals surface area contributed by atoms with Gasteiger partial charge in [0.15, 0.2) is 11.6 Å². The lowest BCUT2D eigenvalue weighted by Gasteiger charge is -2.15. The molecule has 1 amide bonds. The van der Waals surface area contributed by atoms with Gasteiger partial charge in [-0.25, -0.2) is 0 Å². The minimum absolute atomic E-state index is 0.0584. The van der Waals surface area contributed by atoms with E-state index in [0.717, 1.165) is 17.1 Å².